The first-order chi connectivity index (χ1) is 12.7. The van der Waals surface area contributed by atoms with Crippen LogP contribution in [0, 0.1) is 5.92 Å². The Morgan fingerprint density at radius 2 is 2.11 bits per heavy atom. The molecule has 27 heavy (non-hydrogen) atoms. The summed E-state index contributed by atoms with van der Waals surface area (Å²) < 4.78 is 32.1. The summed E-state index contributed by atoms with van der Waals surface area (Å²) in [5, 5.41) is 2.76. The number of rotatable bonds is 7. The van der Waals surface area contributed by atoms with E-state index in [0.717, 1.165) is 6.42 Å². The van der Waals surface area contributed by atoms with E-state index in [4.69, 9.17) is 4.74 Å². The number of amides is 1. The molecule has 1 aromatic rings. The molecule has 0 aliphatic carbocycles. The summed E-state index contributed by atoms with van der Waals surface area (Å²) in [5.74, 6) is 0.402. The van der Waals surface area contributed by atoms with Crippen LogP contribution in [0.15, 0.2) is 29.2 Å². The van der Waals surface area contributed by atoms with Crippen molar-refractivity contribution in [1.29, 1.82) is 0 Å². The second-order valence-corrected chi connectivity index (χ2v) is 9.12. The van der Waals surface area contributed by atoms with E-state index in [-0.39, 0.29) is 29.7 Å². The Labute approximate surface area is 161 Å². The molecule has 1 amide bonds. The van der Waals surface area contributed by atoms with E-state index in [2.05, 4.69) is 5.32 Å². The lowest BCUT2D eigenvalue weighted by molar-refractivity contribution is -0.127. The topological polar surface area (TPSA) is 92.8 Å². The van der Waals surface area contributed by atoms with Crippen LogP contribution in [0.5, 0.6) is 5.75 Å². The van der Waals surface area contributed by atoms with Gasteiger partial charge in [-0.2, -0.15) is 4.31 Å². The Morgan fingerprint density at radius 1 is 1.37 bits per heavy atom. The quantitative estimate of drug-likeness (QED) is 0.761. The highest BCUT2D eigenvalue weighted by Gasteiger charge is 2.33. The molecule has 0 radical (unpaired) electrons. The molecule has 1 fully saturated rings. The molecule has 2 rings (SSSR count). The number of nitrogens with one attached hydrogen (secondary N) is 1. The Balaban J connectivity index is 2.07. The summed E-state index contributed by atoms with van der Waals surface area (Å²) >= 11 is 0. The molecule has 8 heteroatoms. The van der Waals surface area contributed by atoms with Crippen LogP contribution in [-0.4, -0.2) is 50.7 Å². The summed E-state index contributed by atoms with van der Waals surface area (Å²) in [6.45, 7) is 4.06. The largest absolute Gasteiger partial charge is 0.497 e. The normalized spacial score (nSPS) is 19.0. The third-order valence-corrected chi connectivity index (χ3v) is 6.43. The summed E-state index contributed by atoms with van der Waals surface area (Å²) in [6, 6.07) is 5.56. The van der Waals surface area contributed by atoms with Crippen LogP contribution in [0.25, 0.3) is 0 Å². The fraction of sp³-hybridized carbons (Fsp3) is 0.579. The van der Waals surface area contributed by atoms with Crippen molar-refractivity contribution in [2.45, 2.75) is 50.5 Å². The van der Waals surface area contributed by atoms with Crippen molar-refractivity contribution in [3.05, 3.63) is 24.3 Å². The first-order valence-corrected chi connectivity index (χ1v) is 10.6. The number of hydrogen-bond acceptors (Lipinski definition) is 5. The van der Waals surface area contributed by atoms with Gasteiger partial charge in [0, 0.05) is 19.0 Å². The van der Waals surface area contributed by atoms with Gasteiger partial charge in [0.05, 0.1) is 24.6 Å². The fourth-order valence-corrected chi connectivity index (χ4v) is 4.43. The maximum atomic E-state index is 12.9. The van der Waals surface area contributed by atoms with Gasteiger partial charge >= 0.3 is 0 Å². The predicted molar refractivity (Wildman–Crippen MR) is 102 cm³/mol. The van der Waals surface area contributed by atoms with Crippen LogP contribution in [0.3, 0.4) is 0 Å². The second kappa shape index (κ2) is 9.32. The number of methoxy groups -OCH3 is 1. The highest BCUT2D eigenvalue weighted by Crippen LogP contribution is 2.23. The van der Waals surface area contributed by atoms with Gasteiger partial charge in [-0.25, -0.2) is 8.42 Å². The van der Waals surface area contributed by atoms with E-state index >= 15 is 0 Å². The molecule has 1 unspecified atom stereocenters. The number of ether oxygens (including phenoxy) is 1. The van der Waals surface area contributed by atoms with Gasteiger partial charge in [-0.3, -0.25) is 9.59 Å². The first kappa shape index (κ1) is 21.4. The first-order valence-electron chi connectivity index (χ1n) is 9.20. The zero-order chi connectivity index (χ0) is 20.0. The van der Waals surface area contributed by atoms with E-state index in [0.29, 0.717) is 30.9 Å². The summed E-state index contributed by atoms with van der Waals surface area (Å²) in [6.07, 6.45) is 2.07. The van der Waals surface area contributed by atoms with Crippen LogP contribution in [0.4, 0.5) is 0 Å². The Hall–Kier alpha value is -1.93. The average Bonchev–Trinajstić information content (AvgIpc) is 2.82. The number of ketones is 1. The Morgan fingerprint density at radius 3 is 2.78 bits per heavy atom. The molecule has 1 atom stereocenters. The highest BCUT2D eigenvalue weighted by atomic mass is 32.2. The van der Waals surface area contributed by atoms with E-state index in [1.807, 2.05) is 13.8 Å². The van der Waals surface area contributed by atoms with Crippen LogP contribution >= 0.6 is 0 Å². The minimum Gasteiger partial charge on any atom is -0.497 e. The molecular weight excluding hydrogens is 368 g/mol. The Bertz CT molecular complexity index is 776. The van der Waals surface area contributed by atoms with Crippen molar-refractivity contribution in [3.63, 3.8) is 0 Å². The molecule has 150 valence electrons. The number of sulfonamides is 1. The van der Waals surface area contributed by atoms with Gasteiger partial charge in [0.15, 0.2) is 5.78 Å². The minimum atomic E-state index is -3.80. The molecule has 0 bridgehead atoms. The summed E-state index contributed by atoms with van der Waals surface area (Å²) in [4.78, 5) is 24.7. The van der Waals surface area contributed by atoms with Gasteiger partial charge in [-0.05, 0) is 37.3 Å². The molecule has 1 aliphatic rings. The summed E-state index contributed by atoms with van der Waals surface area (Å²) in [7, 11) is -2.34. The van der Waals surface area contributed by atoms with Crippen LogP contribution in [0.2, 0.25) is 0 Å². The number of nitrogens with zero attached hydrogens (tertiary/aromatic N) is 1. The maximum absolute atomic E-state index is 12.9. The van der Waals surface area contributed by atoms with E-state index < -0.39 is 16.1 Å². The molecule has 1 N–H and O–H groups in total. The van der Waals surface area contributed by atoms with E-state index in [1.54, 1.807) is 12.1 Å². The van der Waals surface area contributed by atoms with Gasteiger partial charge in [0.25, 0.3) is 0 Å². The maximum Gasteiger partial charge on any atom is 0.243 e. The molecule has 0 saturated carbocycles. The van der Waals surface area contributed by atoms with Crippen LogP contribution in [-0.2, 0) is 19.6 Å². The molecule has 7 nitrogen and oxygen atoms in total. The number of benzene rings is 1. The number of Topliss-reactive ketones (excluding diaryl/α,β-unsaturated/α-hetero) is 1. The van der Waals surface area contributed by atoms with Gasteiger partial charge in [-0.1, -0.05) is 19.9 Å². The summed E-state index contributed by atoms with van der Waals surface area (Å²) in [5.41, 5.74) is 0. The zero-order valence-electron chi connectivity index (χ0n) is 16.1. The van der Waals surface area contributed by atoms with Crippen molar-refractivity contribution in [2.24, 2.45) is 5.92 Å². The smallest absolute Gasteiger partial charge is 0.243 e. The Kier molecular flexibility index (Phi) is 7.38. The van der Waals surface area contributed by atoms with Crippen molar-refractivity contribution in [3.8, 4) is 5.75 Å². The van der Waals surface area contributed by atoms with Crippen LogP contribution < -0.4 is 10.1 Å². The molecule has 1 aromatic carbocycles. The highest BCUT2D eigenvalue weighted by molar-refractivity contribution is 7.89. The van der Waals surface area contributed by atoms with Crippen LogP contribution in [0.1, 0.15) is 39.5 Å². The SMILES string of the molecule is COc1cccc(S(=O)(=O)N2CCCC(NC(=O)CCC(C)C)C(=O)C2)c1. The second-order valence-electron chi connectivity index (χ2n) is 7.18. The third kappa shape index (κ3) is 5.77. The molecule has 0 aromatic heterocycles. The number of hydrogen-bond donors (Lipinski definition) is 1. The third-order valence-electron chi connectivity index (χ3n) is 4.58. The van der Waals surface area contributed by atoms with Crippen molar-refractivity contribution >= 4 is 21.7 Å². The monoisotopic (exact) mass is 396 g/mol. The molecule has 0 spiro atoms. The van der Waals surface area contributed by atoms with Gasteiger partial charge in [0.2, 0.25) is 15.9 Å². The average molecular weight is 397 g/mol. The van der Waals surface area contributed by atoms with E-state index in [1.165, 1.54) is 23.5 Å². The number of carbonyl (C=O) groups is 2. The molecule has 1 heterocycles. The fourth-order valence-electron chi connectivity index (χ4n) is 2.95. The van der Waals surface area contributed by atoms with Gasteiger partial charge in [0.1, 0.15) is 5.75 Å². The lowest BCUT2D eigenvalue weighted by Crippen LogP contribution is -2.44. The van der Waals surface area contributed by atoms with Gasteiger partial charge in [-0.15, -0.1) is 0 Å². The lowest BCUT2D eigenvalue weighted by atomic mass is 10.1. The van der Waals surface area contributed by atoms with E-state index in [9.17, 15) is 18.0 Å². The van der Waals surface area contributed by atoms with Crippen molar-refractivity contribution in [2.75, 3.05) is 20.2 Å². The predicted octanol–water partition coefficient (Wildman–Crippen LogP) is 1.97. The molecule has 1 saturated heterocycles. The van der Waals surface area contributed by atoms with Crippen molar-refractivity contribution < 1.29 is 22.7 Å². The molecule has 1 aliphatic heterocycles. The number of carbonyl (C=O) groups excluding carboxylic acids is 2. The zero-order valence-corrected chi connectivity index (χ0v) is 16.9. The lowest BCUT2D eigenvalue weighted by Gasteiger charge is -2.20. The van der Waals surface area contributed by atoms with Gasteiger partial charge < -0.3 is 10.1 Å². The molecular formula is C19H28N2O5S. The standard InChI is InChI=1S/C19H28N2O5S/c1-14(2)9-10-19(23)20-17-8-5-11-21(13-18(17)22)27(24,25)16-7-4-6-15(12-16)26-3/h4,6-7,12,14,17H,5,8-11,13H2,1-3H3,(H,20,23). The minimum absolute atomic E-state index is 0.0917. The van der Waals surface area contributed by atoms with Crippen molar-refractivity contribution in [1.82, 2.24) is 9.62 Å².